The minimum atomic E-state index is -0.601. The highest BCUT2D eigenvalue weighted by Crippen LogP contribution is 2.30. The highest BCUT2D eigenvalue weighted by Gasteiger charge is 2.41. The van der Waals surface area contributed by atoms with Gasteiger partial charge < -0.3 is 9.64 Å². The van der Waals surface area contributed by atoms with Gasteiger partial charge in [0.25, 0.3) is 5.91 Å². The van der Waals surface area contributed by atoms with Crippen molar-refractivity contribution in [3.63, 3.8) is 0 Å². The van der Waals surface area contributed by atoms with Crippen molar-refractivity contribution in [3.05, 3.63) is 71.8 Å². The number of hydrogen-bond donors (Lipinski definition) is 0. The molecule has 0 N–H and O–H groups in total. The predicted octanol–water partition coefficient (Wildman–Crippen LogP) is 2.79. The number of amides is 3. The number of nitrogens with zero attached hydrogens (tertiary/aromatic N) is 2. The third kappa shape index (κ3) is 3.63. The predicted molar refractivity (Wildman–Crippen MR) is 103 cm³/mol. The average molecular weight is 378 g/mol. The van der Waals surface area contributed by atoms with Crippen LogP contribution in [0, 0.1) is 0 Å². The van der Waals surface area contributed by atoms with E-state index < -0.39 is 6.09 Å². The second-order valence-corrected chi connectivity index (χ2v) is 7.18. The van der Waals surface area contributed by atoms with E-state index in [0.717, 1.165) is 11.1 Å². The molecule has 2 aliphatic rings. The molecule has 0 aliphatic carbocycles. The molecule has 0 saturated carbocycles. The van der Waals surface area contributed by atoms with Gasteiger partial charge >= 0.3 is 6.09 Å². The Kier molecular flexibility index (Phi) is 5.10. The summed E-state index contributed by atoms with van der Waals surface area (Å²) in [5, 5.41) is 0. The Balaban J connectivity index is 1.48. The monoisotopic (exact) mass is 378 g/mol. The first-order chi connectivity index (χ1) is 13.6. The largest absolute Gasteiger partial charge is 0.439 e. The van der Waals surface area contributed by atoms with E-state index in [-0.39, 0.29) is 30.4 Å². The normalized spacial score (nSPS) is 19.4. The van der Waals surface area contributed by atoms with Gasteiger partial charge in [0.1, 0.15) is 0 Å². The summed E-state index contributed by atoms with van der Waals surface area (Å²) in [5.41, 5.74) is 2.19. The van der Waals surface area contributed by atoms with E-state index in [1.54, 1.807) is 4.90 Å². The van der Waals surface area contributed by atoms with E-state index in [9.17, 15) is 14.4 Å². The molecule has 1 atom stereocenters. The van der Waals surface area contributed by atoms with Crippen LogP contribution in [0.2, 0.25) is 0 Å². The quantitative estimate of drug-likeness (QED) is 0.802. The molecule has 0 unspecified atom stereocenters. The van der Waals surface area contributed by atoms with Crippen molar-refractivity contribution in [2.45, 2.75) is 24.8 Å². The summed E-state index contributed by atoms with van der Waals surface area (Å²) in [7, 11) is 0. The number of cyclic esters (lactones) is 1. The summed E-state index contributed by atoms with van der Waals surface area (Å²) in [6.45, 7) is 0.709. The number of carbonyl (C=O) groups is 3. The van der Waals surface area contributed by atoms with Crippen molar-refractivity contribution >= 4 is 17.9 Å². The summed E-state index contributed by atoms with van der Waals surface area (Å²) >= 11 is 0. The molecular formula is C22H22N2O4. The smallest absolute Gasteiger partial charge is 0.417 e. The molecule has 2 aromatic rings. The Morgan fingerprint density at radius 2 is 1.61 bits per heavy atom. The molecule has 28 heavy (non-hydrogen) atoms. The van der Waals surface area contributed by atoms with E-state index in [0.29, 0.717) is 25.9 Å². The first-order valence-electron chi connectivity index (χ1n) is 9.50. The molecule has 4 rings (SSSR count). The minimum Gasteiger partial charge on any atom is -0.439 e. The van der Waals surface area contributed by atoms with E-state index in [2.05, 4.69) is 0 Å². The third-order valence-corrected chi connectivity index (χ3v) is 5.45. The summed E-state index contributed by atoms with van der Waals surface area (Å²) in [6.07, 6.45) is 0.336. The Bertz CT molecular complexity index is 813. The van der Waals surface area contributed by atoms with Crippen LogP contribution in [-0.4, -0.2) is 53.4 Å². The molecule has 6 heteroatoms. The van der Waals surface area contributed by atoms with Crippen LogP contribution < -0.4 is 0 Å². The molecule has 3 amide bonds. The van der Waals surface area contributed by atoms with Crippen molar-refractivity contribution in [1.82, 2.24) is 9.80 Å². The lowest BCUT2D eigenvalue weighted by molar-refractivity contribution is -0.131. The fourth-order valence-corrected chi connectivity index (χ4v) is 4.00. The fraction of sp³-hybridized carbons (Fsp3) is 0.318. The second kappa shape index (κ2) is 7.84. The summed E-state index contributed by atoms with van der Waals surface area (Å²) in [6, 6.07) is 19.7. The van der Waals surface area contributed by atoms with Gasteiger partial charge in [-0.25, -0.2) is 9.69 Å². The number of ether oxygens (including phenoxy) is 1. The molecule has 0 radical (unpaired) electrons. The van der Waals surface area contributed by atoms with Gasteiger partial charge in [-0.3, -0.25) is 9.59 Å². The van der Waals surface area contributed by atoms with Crippen molar-refractivity contribution in [1.29, 1.82) is 0 Å². The Hall–Kier alpha value is -3.15. The van der Waals surface area contributed by atoms with Crippen molar-refractivity contribution in [2.75, 3.05) is 19.7 Å². The number of hydrogen-bond acceptors (Lipinski definition) is 4. The van der Waals surface area contributed by atoms with Crippen LogP contribution in [0.15, 0.2) is 60.7 Å². The fourth-order valence-electron chi connectivity index (χ4n) is 4.00. The topological polar surface area (TPSA) is 66.9 Å². The van der Waals surface area contributed by atoms with Crippen LogP contribution in [-0.2, 0) is 14.3 Å². The van der Waals surface area contributed by atoms with Gasteiger partial charge in [0.2, 0.25) is 5.91 Å². The van der Waals surface area contributed by atoms with E-state index in [1.165, 1.54) is 4.90 Å². The Morgan fingerprint density at radius 3 is 2.14 bits per heavy atom. The second-order valence-electron chi connectivity index (χ2n) is 7.18. The molecular weight excluding hydrogens is 356 g/mol. The number of imide groups is 1. The van der Waals surface area contributed by atoms with Gasteiger partial charge in [-0.2, -0.15) is 0 Å². The van der Waals surface area contributed by atoms with Gasteiger partial charge in [0.05, 0.1) is 6.04 Å². The van der Waals surface area contributed by atoms with Crippen molar-refractivity contribution < 1.29 is 19.1 Å². The maximum absolute atomic E-state index is 13.0. The SMILES string of the molecule is O=C(CC(c1ccccc1)c1ccccc1)N1CC[C@H](N2C(=O)COC2=O)C1. The van der Waals surface area contributed by atoms with Gasteiger partial charge in [0, 0.05) is 25.4 Å². The first kappa shape index (κ1) is 18.2. The van der Waals surface area contributed by atoms with E-state index in [4.69, 9.17) is 4.74 Å². The molecule has 0 aromatic heterocycles. The molecule has 2 fully saturated rings. The van der Waals surface area contributed by atoms with Gasteiger partial charge in [-0.15, -0.1) is 0 Å². The first-order valence-corrected chi connectivity index (χ1v) is 9.50. The van der Waals surface area contributed by atoms with Crippen molar-refractivity contribution in [2.24, 2.45) is 0 Å². The third-order valence-electron chi connectivity index (χ3n) is 5.45. The maximum Gasteiger partial charge on any atom is 0.417 e. The average Bonchev–Trinajstić information content (AvgIpc) is 3.33. The van der Waals surface area contributed by atoms with Crippen LogP contribution >= 0.6 is 0 Å². The highest BCUT2D eigenvalue weighted by molar-refractivity contribution is 5.98. The van der Waals surface area contributed by atoms with Crippen LogP contribution in [0.5, 0.6) is 0 Å². The number of carbonyl (C=O) groups excluding carboxylic acids is 3. The lowest BCUT2D eigenvalue weighted by atomic mass is 9.88. The van der Waals surface area contributed by atoms with Crippen LogP contribution in [0.1, 0.15) is 29.9 Å². The molecule has 6 nitrogen and oxygen atoms in total. The van der Waals surface area contributed by atoms with E-state index in [1.807, 2.05) is 60.7 Å². The number of rotatable bonds is 5. The van der Waals surface area contributed by atoms with Gasteiger partial charge in [0.15, 0.2) is 6.61 Å². The summed E-state index contributed by atoms with van der Waals surface area (Å²) in [5.74, 6) is -0.330. The molecule has 0 bridgehead atoms. The molecule has 2 heterocycles. The molecule has 2 aromatic carbocycles. The highest BCUT2D eigenvalue weighted by atomic mass is 16.6. The number of benzene rings is 2. The van der Waals surface area contributed by atoms with Crippen molar-refractivity contribution in [3.8, 4) is 0 Å². The van der Waals surface area contributed by atoms with Crippen LogP contribution in [0.4, 0.5) is 4.79 Å². The van der Waals surface area contributed by atoms with Crippen LogP contribution in [0.3, 0.4) is 0 Å². The lowest BCUT2D eigenvalue weighted by Gasteiger charge is -2.23. The van der Waals surface area contributed by atoms with Crippen LogP contribution in [0.25, 0.3) is 0 Å². The Labute approximate surface area is 163 Å². The zero-order valence-electron chi connectivity index (χ0n) is 15.5. The molecule has 2 saturated heterocycles. The number of likely N-dealkylation sites (tertiary alicyclic amines) is 1. The minimum absolute atomic E-state index is 0.0280. The van der Waals surface area contributed by atoms with E-state index >= 15 is 0 Å². The molecule has 0 spiro atoms. The van der Waals surface area contributed by atoms with Gasteiger partial charge in [-0.1, -0.05) is 60.7 Å². The molecule has 144 valence electrons. The maximum atomic E-state index is 13.0. The summed E-state index contributed by atoms with van der Waals surface area (Å²) in [4.78, 5) is 39.6. The zero-order chi connectivity index (χ0) is 19.5. The standard InChI is InChI=1S/C22H22N2O4/c25-20(23-12-11-18(14-23)24-21(26)15-28-22(24)27)13-19(16-7-3-1-4-8-16)17-9-5-2-6-10-17/h1-10,18-19H,11-15H2/t18-/m0/s1. The van der Waals surface area contributed by atoms with Gasteiger partial charge in [-0.05, 0) is 17.5 Å². The molecule has 2 aliphatic heterocycles. The Morgan fingerprint density at radius 1 is 1.00 bits per heavy atom. The lowest BCUT2D eigenvalue weighted by Crippen LogP contribution is -2.42. The summed E-state index contributed by atoms with van der Waals surface area (Å²) < 4.78 is 4.80. The zero-order valence-corrected chi connectivity index (χ0v) is 15.5.